The predicted octanol–water partition coefficient (Wildman–Crippen LogP) is 3.18. The van der Waals surface area contributed by atoms with E-state index in [1.807, 2.05) is 6.07 Å². The molecule has 1 aromatic carbocycles. The van der Waals surface area contributed by atoms with E-state index < -0.39 is 17.7 Å². The van der Waals surface area contributed by atoms with Crippen LogP contribution in [0, 0.1) is 5.82 Å². The molecule has 2 aromatic heterocycles. The van der Waals surface area contributed by atoms with Crippen LogP contribution in [-0.2, 0) is 4.79 Å². The van der Waals surface area contributed by atoms with E-state index in [1.54, 1.807) is 36.7 Å². The highest BCUT2D eigenvalue weighted by atomic mass is 19.1. The highest BCUT2D eigenvalue weighted by molar-refractivity contribution is 6.04. The molecule has 1 amide bonds. The first-order chi connectivity index (χ1) is 12.6. The van der Waals surface area contributed by atoms with Crippen molar-refractivity contribution in [2.75, 3.05) is 5.32 Å². The average Bonchev–Trinajstić information content (AvgIpc) is 3.01. The fourth-order valence-electron chi connectivity index (χ4n) is 3.33. The number of fused-ring (bicyclic) bond motifs is 1. The Morgan fingerprint density at radius 3 is 2.77 bits per heavy atom. The molecule has 1 aliphatic rings. The van der Waals surface area contributed by atoms with Gasteiger partial charge < -0.3 is 15.0 Å². The lowest BCUT2D eigenvalue weighted by Crippen LogP contribution is -2.25. The minimum atomic E-state index is -1.19. The number of para-hydroxylation sites is 1. The summed E-state index contributed by atoms with van der Waals surface area (Å²) in [4.78, 5) is 28.0. The Morgan fingerprint density at radius 1 is 1.27 bits per heavy atom. The number of amides is 1. The van der Waals surface area contributed by atoms with Gasteiger partial charge in [-0.2, -0.15) is 0 Å². The second-order valence-electron chi connectivity index (χ2n) is 6.02. The topological polar surface area (TPSA) is 84.2 Å². The van der Waals surface area contributed by atoms with Gasteiger partial charge in [0.15, 0.2) is 0 Å². The first-order valence-electron chi connectivity index (χ1n) is 7.99. The molecule has 0 spiro atoms. The SMILES string of the molecule is O=C1C[C@H](c2cccnc2)c2c(c(C(=O)O)cn2-c2ccccc2F)N1. The van der Waals surface area contributed by atoms with Crippen LogP contribution in [0.2, 0.25) is 0 Å². The lowest BCUT2D eigenvalue weighted by Gasteiger charge is -2.26. The lowest BCUT2D eigenvalue weighted by molar-refractivity contribution is -0.116. The number of pyridine rings is 1. The van der Waals surface area contributed by atoms with E-state index in [-0.39, 0.29) is 29.3 Å². The largest absolute Gasteiger partial charge is 0.478 e. The molecule has 0 aliphatic carbocycles. The van der Waals surface area contributed by atoms with Gasteiger partial charge in [-0.15, -0.1) is 0 Å². The maximum absolute atomic E-state index is 14.4. The summed E-state index contributed by atoms with van der Waals surface area (Å²) in [5, 5.41) is 12.2. The molecule has 0 bridgehead atoms. The molecule has 0 unspecified atom stereocenters. The van der Waals surface area contributed by atoms with Crippen molar-refractivity contribution in [2.45, 2.75) is 12.3 Å². The van der Waals surface area contributed by atoms with Crippen molar-refractivity contribution in [3.8, 4) is 5.69 Å². The number of aromatic carboxylic acids is 1. The van der Waals surface area contributed by atoms with E-state index in [1.165, 1.54) is 16.8 Å². The fraction of sp³-hybridized carbons (Fsp3) is 0.105. The maximum atomic E-state index is 14.4. The zero-order valence-electron chi connectivity index (χ0n) is 13.5. The highest BCUT2D eigenvalue weighted by Gasteiger charge is 2.34. The number of carbonyl (C=O) groups excluding carboxylic acids is 1. The lowest BCUT2D eigenvalue weighted by atomic mass is 9.89. The van der Waals surface area contributed by atoms with Crippen LogP contribution in [0.25, 0.3) is 5.69 Å². The average molecular weight is 351 g/mol. The smallest absolute Gasteiger partial charge is 0.339 e. The number of carbonyl (C=O) groups is 2. The minimum absolute atomic E-state index is 0.0785. The third-order valence-corrected chi connectivity index (χ3v) is 4.46. The second kappa shape index (κ2) is 6.11. The van der Waals surface area contributed by atoms with Crippen molar-refractivity contribution in [3.63, 3.8) is 0 Å². The van der Waals surface area contributed by atoms with Crippen molar-refractivity contribution in [2.24, 2.45) is 0 Å². The summed E-state index contributed by atoms with van der Waals surface area (Å²) in [6.45, 7) is 0. The van der Waals surface area contributed by atoms with Crippen LogP contribution in [0.3, 0.4) is 0 Å². The maximum Gasteiger partial charge on any atom is 0.339 e. The van der Waals surface area contributed by atoms with Crippen LogP contribution in [0.4, 0.5) is 10.1 Å². The highest BCUT2D eigenvalue weighted by Crippen LogP contribution is 2.41. The van der Waals surface area contributed by atoms with Crippen molar-refractivity contribution in [3.05, 3.63) is 77.6 Å². The molecule has 26 heavy (non-hydrogen) atoms. The monoisotopic (exact) mass is 351 g/mol. The number of carboxylic acids is 1. The predicted molar refractivity (Wildman–Crippen MR) is 92.0 cm³/mol. The molecule has 0 fully saturated rings. The van der Waals surface area contributed by atoms with E-state index in [2.05, 4.69) is 10.3 Å². The number of aromatic nitrogens is 2. The van der Waals surface area contributed by atoms with Gasteiger partial charge in [0.25, 0.3) is 0 Å². The number of halogens is 1. The Kier molecular flexibility index (Phi) is 3.76. The second-order valence-corrected chi connectivity index (χ2v) is 6.02. The third kappa shape index (κ3) is 2.54. The molecule has 0 radical (unpaired) electrons. The Bertz CT molecular complexity index is 1010. The van der Waals surface area contributed by atoms with Gasteiger partial charge in [0.05, 0.1) is 17.1 Å². The Labute approximate surface area is 147 Å². The number of benzene rings is 1. The van der Waals surface area contributed by atoms with Crippen LogP contribution in [0.15, 0.2) is 55.0 Å². The molecule has 6 nitrogen and oxygen atoms in total. The van der Waals surface area contributed by atoms with Gasteiger partial charge in [0.2, 0.25) is 5.91 Å². The fourth-order valence-corrected chi connectivity index (χ4v) is 3.33. The Hall–Kier alpha value is -3.48. The number of hydrogen-bond acceptors (Lipinski definition) is 3. The summed E-state index contributed by atoms with van der Waals surface area (Å²) in [6.07, 6.45) is 4.72. The van der Waals surface area contributed by atoms with Crippen molar-refractivity contribution >= 4 is 17.6 Å². The molecule has 7 heteroatoms. The molecule has 130 valence electrons. The van der Waals surface area contributed by atoms with Crippen LogP contribution in [0.1, 0.15) is 34.0 Å². The van der Waals surface area contributed by atoms with E-state index in [0.29, 0.717) is 5.69 Å². The summed E-state index contributed by atoms with van der Waals surface area (Å²) in [7, 11) is 0. The van der Waals surface area contributed by atoms with E-state index in [4.69, 9.17) is 0 Å². The molecule has 0 saturated heterocycles. The zero-order chi connectivity index (χ0) is 18.3. The van der Waals surface area contributed by atoms with E-state index >= 15 is 0 Å². The molecule has 1 atom stereocenters. The number of nitrogens with one attached hydrogen (secondary N) is 1. The quantitative estimate of drug-likeness (QED) is 0.759. The van der Waals surface area contributed by atoms with Crippen LogP contribution in [0.5, 0.6) is 0 Å². The van der Waals surface area contributed by atoms with Gasteiger partial charge in [-0.1, -0.05) is 18.2 Å². The standard InChI is InChI=1S/C19H14FN3O3/c20-14-5-1-2-6-15(14)23-10-13(19(25)26)17-18(23)12(8-16(24)22-17)11-4-3-7-21-9-11/h1-7,9-10,12H,8H2,(H,22,24)(H,25,26)/t12-/m1/s1. The number of nitrogens with zero attached hydrogens (tertiary/aromatic N) is 2. The van der Waals surface area contributed by atoms with Crippen molar-refractivity contribution in [1.82, 2.24) is 9.55 Å². The van der Waals surface area contributed by atoms with Gasteiger partial charge in [0.1, 0.15) is 11.4 Å². The summed E-state index contributed by atoms with van der Waals surface area (Å²) in [6, 6.07) is 9.68. The summed E-state index contributed by atoms with van der Waals surface area (Å²) in [5.74, 6) is -2.40. The normalized spacial score (nSPS) is 16.0. The van der Waals surface area contributed by atoms with Crippen LogP contribution in [-0.4, -0.2) is 26.5 Å². The van der Waals surface area contributed by atoms with Gasteiger partial charge in [-0.25, -0.2) is 9.18 Å². The van der Waals surface area contributed by atoms with Gasteiger partial charge >= 0.3 is 5.97 Å². The molecule has 3 aromatic rings. The number of rotatable bonds is 3. The Balaban J connectivity index is 2.01. The summed E-state index contributed by atoms with van der Waals surface area (Å²) in [5.41, 5.74) is 1.63. The summed E-state index contributed by atoms with van der Waals surface area (Å²) >= 11 is 0. The summed E-state index contributed by atoms with van der Waals surface area (Å²) < 4.78 is 15.9. The molecule has 2 N–H and O–H groups in total. The number of anilines is 1. The first-order valence-corrected chi connectivity index (χ1v) is 7.99. The molecular formula is C19H14FN3O3. The Morgan fingerprint density at radius 2 is 2.08 bits per heavy atom. The van der Waals surface area contributed by atoms with Crippen molar-refractivity contribution in [1.29, 1.82) is 0 Å². The van der Waals surface area contributed by atoms with E-state index in [9.17, 15) is 19.1 Å². The zero-order valence-corrected chi connectivity index (χ0v) is 13.5. The minimum Gasteiger partial charge on any atom is -0.478 e. The van der Waals surface area contributed by atoms with Gasteiger partial charge in [0, 0.05) is 30.9 Å². The van der Waals surface area contributed by atoms with Crippen LogP contribution >= 0.6 is 0 Å². The van der Waals surface area contributed by atoms with Crippen LogP contribution < -0.4 is 5.32 Å². The molecule has 0 saturated carbocycles. The van der Waals surface area contributed by atoms with Gasteiger partial charge in [-0.05, 0) is 23.8 Å². The molecule has 1 aliphatic heterocycles. The molecule has 3 heterocycles. The molecular weight excluding hydrogens is 337 g/mol. The number of carboxylic acid groups (broad SMARTS) is 1. The molecule has 4 rings (SSSR count). The first kappa shape index (κ1) is 16.0. The number of hydrogen-bond donors (Lipinski definition) is 2. The van der Waals surface area contributed by atoms with Gasteiger partial charge in [-0.3, -0.25) is 9.78 Å². The van der Waals surface area contributed by atoms with E-state index in [0.717, 1.165) is 5.56 Å². The third-order valence-electron chi connectivity index (χ3n) is 4.46. The van der Waals surface area contributed by atoms with Crippen molar-refractivity contribution < 1.29 is 19.1 Å².